The van der Waals surface area contributed by atoms with Gasteiger partial charge in [0.15, 0.2) is 11.6 Å². The SMILES string of the molecule is COc1ccc(CN2CCO[C@H](C)[C@H]2C(N)=O)cc1F. The fourth-order valence-corrected chi connectivity index (χ4v) is 2.51. The summed E-state index contributed by atoms with van der Waals surface area (Å²) < 4.78 is 24.0. The highest BCUT2D eigenvalue weighted by Crippen LogP contribution is 2.21. The number of halogens is 1. The van der Waals surface area contributed by atoms with Crippen molar-refractivity contribution in [3.63, 3.8) is 0 Å². The summed E-state index contributed by atoms with van der Waals surface area (Å²) in [5.74, 6) is -0.635. The first-order chi connectivity index (χ1) is 9.52. The molecular formula is C14H19FN2O3. The second-order valence-corrected chi connectivity index (χ2v) is 4.86. The minimum absolute atomic E-state index is 0.204. The molecule has 1 aliphatic heterocycles. The van der Waals surface area contributed by atoms with E-state index in [4.69, 9.17) is 15.2 Å². The van der Waals surface area contributed by atoms with Crippen molar-refractivity contribution in [2.75, 3.05) is 20.3 Å². The molecule has 2 rings (SSSR count). The number of benzene rings is 1. The van der Waals surface area contributed by atoms with E-state index in [1.165, 1.54) is 13.2 Å². The Morgan fingerprint density at radius 2 is 2.35 bits per heavy atom. The van der Waals surface area contributed by atoms with E-state index in [1.54, 1.807) is 12.1 Å². The lowest BCUT2D eigenvalue weighted by molar-refractivity contribution is -0.136. The number of hydrogen-bond acceptors (Lipinski definition) is 4. The molecule has 2 atom stereocenters. The van der Waals surface area contributed by atoms with Crippen LogP contribution in [0.1, 0.15) is 12.5 Å². The molecular weight excluding hydrogens is 263 g/mol. The van der Waals surface area contributed by atoms with Crippen molar-refractivity contribution >= 4 is 5.91 Å². The molecule has 20 heavy (non-hydrogen) atoms. The second kappa shape index (κ2) is 6.19. The number of nitrogens with two attached hydrogens (primary N) is 1. The Balaban J connectivity index is 2.15. The standard InChI is InChI=1S/C14H19FN2O3/c1-9-13(14(16)18)17(5-6-20-9)8-10-3-4-12(19-2)11(15)7-10/h3-4,7,9,13H,5-6,8H2,1-2H3,(H2,16,18)/t9-,13+/m1/s1. The highest BCUT2D eigenvalue weighted by molar-refractivity contribution is 5.80. The molecule has 110 valence electrons. The molecule has 1 amide bonds. The Bertz CT molecular complexity index is 495. The van der Waals surface area contributed by atoms with Crippen LogP contribution in [0, 0.1) is 5.82 Å². The fraction of sp³-hybridized carbons (Fsp3) is 0.500. The molecule has 1 saturated heterocycles. The van der Waals surface area contributed by atoms with Gasteiger partial charge in [-0.3, -0.25) is 9.69 Å². The number of methoxy groups -OCH3 is 1. The van der Waals surface area contributed by atoms with E-state index in [0.29, 0.717) is 19.7 Å². The summed E-state index contributed by atoms with van der Waals surface area (Å²) in [6, 6.07) is 4.28. The minimum Gasteiger partial charge on any atom is -0.494 e. The zero-order valence-electron chi connectivity index (χ0n) is 11.6. The van der Waals surface area contributed by atoms with E-state index >= 15 is 0 Å². The molecule has 1 aromatic rings. The van der Waals surface area contributed by atoms with Crippen LogP contribution in [0.4, 0.5) is 4.39 Å². The third-order valence-electron chi connectivity index (χ3n) is 3.49. The number of amides is 1. The van der Waals surface area contributed by atoms with Crippen molar-refractivity contribution < 1.29 is 18.7 Å². The van der Waals surface area contributed by atoms with Gasteiger partial charge in [0.1, 0.15) is 6.04 Å². The van der Waals surface area contributed by atoms with Gasteiger partial charge in [-0.25, -0.2) is 4.39 Å². The lowest BCUT2D eigenvalue weighted by Crippen LogP contribution is -2.56. The van der Waals surface area contributed by atoms with E-state index in [2.05, 4.69) is 0 Å². The van der Waals surface area contributed by atoms with E-state index < -0.39 is 17.8 Å². The summed E-state index contributed by atoms with van der Waals surface area (Å²) >= 11 is 0. The number of carbonyl (C=O) groups is 1. The predicted molar refractivity (Wildman–Crippen MR) is 71.8 cm³/mol. The van der Waals surface area contributed by atoms with Crippen molar-refractivity contribution in [1.29, 1.82) is 0 Å². The van der Waals surface area contributed by atoms with Gasteiger partial charge in [-0.15, -0.1) is 0 Å². The van der Waals surface area contributed by atoms with E-state index in [0.717, 1.165) is 5.56 Å². The van der Waals surface area contributed by atoms with Crippen LogP contribution in [0.3, 0.4) is 0 Å². The average molecular weight is 282 g/mol. The largest absolute Gasteiger partial charge is 0.494 e. The van der Waals surface area contributed by atoms with Gasteiger partial charge in [0.25, 0.3) is 0 Å². The van der Waals surface area contributed by atoms with Crippen LogP contribution in [-0.4, -0.2) is 43.2 Å². The lowest BCUT2D eigenvalue weighted by Gasteiger charge is -2.37. The number of carbonyl (C=O) groups excluding carboxylic acids is 1. The van der Waals surface area contributed by atoms with Crippen LogP contribution in [0.2, 0.25) is 0 Å². The number of nitrogens with zero attached hydrogens (tertiary/aromatic N) is 1. The first kappa shape index (κ1) is 14.7. The zero-order valence-corrected chi connectivity index (χ0v) is 11.6. The molecule has 2 N–H and O–H groups in total. The van der Waals surface area contributed by atoms with Crippen molar-refractivity contribution in [3.05, 3.63) is 29.6 Å². The maximum absolute atomic E-state index is 13.7. The quantitative estimate of drug-likeness (QED) is 0.891. The van der Waals surface area contributed by atoms with Gasteiger partial charge in [-0.05, 0) is 24.6 Å². The smallest absolute Gasteiger partial charge is 0.237 e. The first-order valence-corrected chi connectivity index (χ1v) is 6.50. The molecule has 6 heteroatoms. The molecule has 1 aliphatic rings. The Labute approximate surface area is 117 Å². The van der Waals surface area contributed by atoms with Gasteiger partial charge < -0.3 is 15.2 Å². The number of morpholine rings is 1. The van der Waals surface area contributed by atoms with Crippen LogP contribution < -0.4 is 10.5 Å². The molecule has 1 heterocycles. The summed E-state index contributed by atoms with van der Waals surface area (Å²) in [6.07, 6.45) is -0.260. The van der Waals surface area contributed by atoms with Crippen molar-refractivity contribution in [3.8, 4) is 5.75 Å². The van der Waals surface area contributed by atoms with Gasteiger partial charge in [-0.1, -0.05) is 6.07 Å². The molecule has 0 bridgehead atoms. The van der Waals surface area contributed by atoms with Crippen molar-refractivity contribution in [2.24, 2.45) is 5.73 Å². The lowest BCUT2D eigenvalue weighted by atomic mass is 10.1. The van der Waals surface area contributed by atoms with Crippen molar-refractivity contribution in [2.45, 2.75) is 25.6 Å². The molecule has 0 unspecified atom stereocenters. The third kappa shape index (κ3) is 3.08. The Hall–Kier alpha value is -1.66. The Kier molecular flexibility index (Phi) is 4.57. The van der Waals surface area contributed by atoms with Crippen molar-refractivity contribution in [1.82, 2.24) is 4.90 Å². The number of primary amides is 1. The molecule has 1 fully saturated rings. The monoisotopic (exact) mass is 282 g/mol. The molecule has 5 nitrogen and oxygen atoms in total. The summed E-state index contributed by atoms with van der Waals surface area (Å²) in [5, 5.41) is 0. The average Bonchev–Trinajstić information content (AvgIpc) is 2.38. The third-order valence-corrected chi connectivity index (χ3v) is 3.49. The zero-order chi connectivity index (χ0) is 14.7. The maximum Gasteiger partial charge on any atom is 0.237 e. The van der Waals surface area contributed by atoms with E-state index in [1.807, 2.05) is 11.8 Å². The maximum atomic E-state index is 13.7. The van der Waals surface area contributed by atoms with Crippen LogP contribution in [0.5, 0.6) is 5.75 Å². The van der Waals surface area contributed by atoms with Gasteiger partial charge in [0.05, 0.1) is 19.8 Å². The predicted octanol–water partition coefficient (Wildman–Crippen LogP) is 0.909. The molecule has 0 radical (unpaired) electrons. The highest BCUT2D eigenvalue weighted by atomic mass is 19.1. The molecule has 0 aliphatic carbocycles. The molecule has 0 aromatic heterocycles. The molecule has 1 aromatic carbocycles. The van der Waals surface area contributed by atoms with Crippen LogP contribution in [0.25, 0.3) is 0 Å². The first-order valence-electron chi connectivity index (χ1n) is 6.50. The normalized spacial score (nSPS) is 23.6. The molecule has 0 spiro atoms. The highest BCUT2D eigenvalue weighted by Gasteiger charge is 2.33. The minimum atomic E-state index is -0.492. The van der Waals surface area contributed by atoms with Gasteiger partial charge in [-0.2, -0.15) is 0 Å². The summed E-state index contributed by atoms with van der Waals surface area (Å²) in [5.41, 5.74) is 6.19. The summed E-state index contributed by atoms with van der Waals surface area (Å²) in [6.45, 7) is 3.38. The molecule has 0 saturated carbocycles. The van der Waals surface area contributed by atoms with Crippen LogP contribution in [-0.2, 0) is 16.1 Å². The number of hydrogen-bond donors (Lipinski definition) is 1. The van der Waals surface area contributed by atoms with Crippen LogP contribution in [0.15, 0.2) is 18.2 Å². The second-order valence-electron chi connectivity index (χ2n) is 4.86. The summed E-state index contributed by atoms with van der Waals surface area (Å²) in [4.78, 5) is 13.5. The Morgan fingerprint density at radius 3 is 2.95 bits per heavy atom. The summed E-state index contributed by atoms with van der Waals surface area (Å²) in [7, 11) is 1.42. The van der Waals surface area contributed by atoms with Crippen LogP contribution >= 0.6 is 0 Å². The van der Waals surface area contributed by atoms with Gasteiger partial charge in [0.2, 0.25) is 5.91 Å². The van der Waals surface area contributed by atoms with Gasteiger partial charge >= 0.3 is 0 Å². The van der Waals surface area contributed by atoms with E-state index in [-0.39, 0.29) is 11.9 Å². The Morgan fingerprint density at radius 1 is 1.60 bits per heavy atom. The topological polar surface area (TPSA) is 64.8 Å². The number of ether oxygens (including phenoxy) is 2. The number of rotatable bonds is 4. The van der Waals surface area contributed by atoms with Gasteiger partial charge in [0, 0.05) is 13.1 Å². The fourth-order valence-electron chi connectivity index (χ4n) is 2.51. The van der Waals surface area contributed by atoms with E-state index in [9.17, 15) is 9.18 Å².